The second-order valence-corrected chi connectivity index (χ2v) is 5.46. The SMILES string of the molecule is CCCC1(C(=O)O)CCCN(C(=O)NCCC(F)(F)F)C1. The predicted octanol–water partition coefficient (Wildman–Crippen LogP) is 2.62. The molecule has 0 aliphatic carbocycles. The number of likely N-dealkylation sites (tertiary alicyclic amines) is 1. The van der Waals surface area contributed by atoms with E-state index in [9.17, 15) is 27.9 Å². The summed E-state index contributed by atoms with van der Waals surface area (Å²) in [7, 11) is 0. The van der Waals surface area contributed by atoms with E-state index >= 15 is 0 Å². The first-order valence-corrected chi connectivity index (χ1v) is 7.03. The fourth-order valence-electron chi connectivity index (χ4n) is 2.69. The highest BCUT2D eigenvalue weighted by Crippen LogP contribution is 2.35. The van der Waals surface area contributed by atoms with Crippen LogP contribution >= 0.6 is 0 Å². The molecule has 1 fully saturated rings. The zero-order valence-corrected chi connectivity index (χ0v) is 12.0. The molecule has 0 bridgehead atoms. The number of carboxylic acids is 1. The predicted molar refractivity (Wildman–Crippen MR) is 69.9 cm³/mol. The Morgan fingerprint density at radius 3 is 2.57 bits per heavy atom. The number of piperidine rings is 1. The molecule has 1 rings (SSSR count). The van der Waals surface area contributed by atoms with Gasteiger partial charge in [0.2, 0.25) is 0 Å². The minimum Gasteiger partial charge on any atom is -0.481 e. The van der Waals surface area contributed by atoms with E-state index in [1.807, 2.05) is 6.92 Å². The fraction of sp³-hybridized carbons (Fsp3) is 0.846. The molecule has 2 N–H and O–H groups in total. The summed E-state index contributed by atoms with van der Waals surface area (Å²) < 4.78 is 36.1. The number of urea groups is 1. The number of amides is 2. The highest BCUT2D eigenvalue weighted by atomic mass is 19.4. The molecule has 1 atom stereocenters. The van der Waals surface area contributed by atoms with Gasteiger partial charge in [-0.1, -0.05) is 13.3 Å². The van der Waals surface area contributed by atoms with Crippen molar-refractivity contribution in [2.45, 2.75) is 45.2 Å². The number of nitrogens with one attached hydrogen (secondary N) is 1. The smallest absolute Gasteiger partial charge is 0.390 e. The van der Waals surface area contributed by atoms with Crippen molar-refractivity contribution in [1.82, 2.24) is 10.2 Å². The Bertz CT molecular complexity index is 383. The molecule has 1 heterocycles. The molecule has 0 aromatic rings. The lowest BCUT2D eigenvalue weighted by atomic mass is 9.76. The number of aliphatic carboxylic acids is 1. The van der Waals surface area contributed by atoms with E-state index < -0.39 is 36.6 Å². The third-order valence-electron chi connectivity index (χ3n) is 3.73. The van der Waals surface area contributed by atoms with Crippen LogP contribution in [-0.2, 0) is 4.79 Å². The van der Waals surface area contributed by atoms with Crippen molar-refractivity contribution in [2.24, 2.45) is 5.41 Å². The lowest BCUT2D eigenvalue weighted by molar-refractivity contribution is -0.152. The number of hydrogen-bond acceptors (Lipinski definition) is 2. The van der Waals surface area contributed by atoms with Crippen molar-refractivity contribution in [3.05, 3.63) is 0 Å². The van der Waals surface area contributed by atoms with Gasteiger partial charge in [0.25, 0.3) is 0 Å². The Kier molecular flexibility index (Phi) is 5.86. The number of alkyl halides is 3. The van der Waals surface area contributed by atoms with Crippen LogP contribution in [-0.4, -0.2) is 47.8 Å². The Labute approximate surface area is 121 Å². The van der Waals surface area contributed by atoms with Crippen LogP contribution in [0.3, 0.4) is 0 Å². The average molecular weight is 310 g/mol. The molecule has 8 heteroatoms. The quantitative estimate of drug-likeness (QED) is 0.820. The van der Waals surface area contributed by atoms with Crippen molar-refractivity contribution >= 4 is 12.0 Å². The Balaban J connectivity index is 2.58. The fourth-order valence-corrected chi connectivity index (χ4v) is 2.69. The largest absolute Gasteiger partial charge is 0.481 e. The summed E-state index contributed by atoms with van der Waals surface area (Å²) in [5.41, 5.74) is -0.978. The van der Waals surface area contributed by atoms with E-state index in [-0.39, 0.29) is 6.54 Å². The summed E-state index contributed by atoms with van der Waals surface area (Å²) in [6, 6.07) is -0.624. The minimum absolute atomic E-state index is 0.0496. The first-order chi connectivity index (χ1) is 9.70. The molecule has 0 aromatic heterocycles. The number of rotatable bonds is 5. The first kappa shape index (κ1) is 17.6. The average Bonchev–Trinajstić information content (AvgIpc) is 2.37. The van der Waals surface area contributed by atoms with E-state index in [1.54, 1.807) is 0 Å². The van der Waals surface area contributed by atoms with Gasteiger partial charge in [0.15, 0.2) is 0 Å². The molecule has 1 aliphatic rings. The molecule has 0 aromatic carbocycles. The van der Waals surface area contributed by atoms with E-state index in [0.29, 0.717) is 32.2 Å². The van der Waals surface area contributed by atoms with Gasteiger partial charge in [-0.3, -0.25) is 4.79 Å². The molecule has 21 heavy (non-hydrogen) atoms. The maximum absolute atomic E-state index is 12.0. The first-order valence-electron chi connectivity index (χ1n) is 7.03. The standard InChI is InChI=1S/C13H21F3N2O3/c1-2-4-12(10(19)20)5-3-8-18(9-12)11(21)17-7-6-13(14,15)16/h2-9H2,1H3,(H,17,21)(H,19,20). The highest BCUT2D eigenvalue weighted by Gasteiger charge is 2.42. The lowest BCUT2D eigenvalue weighted by Gasteiger charge is -2.39. The van der Waals surface area contributed by atoms with Crippen LogP contribution in [0, 0.1) is 5.41 Å². The number of nitrogens with zero attached hydrogens (tertiary/aromatic N) is 1. The van der Waals surface area contributed by atoms with Gasteiger partial charge in [-0.25, -0.2) is 4.79 Å². The van der Waals surface area contributed by atoms with E-state index in [1.165, 1.54) is 4.90 Å². The third-order valence-corrected chi connectivity index (χ3v) is 3.73. The lowest BCUT2D eigenvalue weighted by Crippen LogP contribution is -2.52. The number of carboxylic acid groups (broad SMARTS) is 1. The summed E-state index contributed by atoms with van der Waals surface area (Å²) in [4.78, 5) is 24.6. The van der Waals surface area contributed by atoms with Crippen LogP contribution in [0.2, 0.25) is 0 Å². The van der Waals surface area contributed by atoms with Crippen LogP contribution in [0.1, 0.15) is 39.0 Å². The molecule has 1 unspecified atom stereocenters. The summed E-state index contributed by atoms with van der Waals surface area (Å²) in [6.07, 6.45) is -3.25. The molecular weight excluding hydrogens is 289 g/mol. The number of hydrogen-bond donors (Lipinski definition) is 2. The van der Waals surface area contributed by atoms with Crippen LogP contribution in [0.4, 0.5) is 18.0 Å². The van der Waals surface area contributed by atoms with Gasteiger partial charge in [0.05, 0.1) is 11.8 Å². The van der Waals surface area contributed by atoms with Crippen molar-refractivity contribution in [1.29, 1.82) is 0 Å². The van der Waals surface area contributed by atoms with E-state index in [0.717, 1.165) is 0 Å². The molecule has 1 aliphatic heterocycles. The maximum atomic E-state index is 12.0. The van der Waals surface area contributed by atoms with Gasteiger partial charge in [0, 0.05) is 19.6 Å². The van der Waals surface area contributed by atoms with Crippen molar-refractivity contribution in [2.75, 3.05) is 19.6 Å². The van der Waals surface area contributed by atoms with Gasteiger partial charge in [-0.05, 0) is 19.3 Å². The van der Waals surface area contributed by atoms with E-state index in [4.69, 9.17) is 0 Å². The number of carbonyl (C=O) groups excluding carboxylic acids is 1. The van der Waals surface area contributed by atoms with Gasteiger partial charge in [-0.2, -0.15) is 13.2 Å². The Morgan fingerprint density at radius 2 is 2.05 bits per heavy atom. The second kappa shape index (κ2) is 7.00. The van der Waals surface area contributed by atoms with Crippen molar-refractivity contribution in [3.63, 3.8) is 0 Å². The second-order valence-electron chi connectivity index (χ2n) is 5.46. The van der Waals surface area contributed by atoms with Crippen LogP contribution in [0.15, 0.2) is 0 Å². The summed E-state index contributed by atoms with van der Waals surface area (Å²) in [5, 5.41) is 11.6. The van der Waals surface area contributed by atoms with Crippen LogP contribution in [0.5, 0.6) is 0 Å². The molecule has 0 radical (unpaired) electrons. The van der Waals surface area contributed by atoms with Crippen molar-refractivity contribution in [3.8, 4) is 0 Å². The molecule has 122 valence electrons. The molecule has 1 saturated heterocycles. The maximum Gasteiger partial charge on any atom is 0.390 e. The number of carbonyl (C=O) groups is 2. The van der Waals surface area contributed by atoms with Crippen LogP contribution in [0.25, 0.3) is 0 Å². The monoisotopic (exact) mass is 310 g/mol. The van der Waals surface area contributed by atoms with Crippen molar-refractivity contribution < 1.29 is 27.9 Å². The molecule has 0 spiro atoms. The van der Waals surface area contributed by atoms with Gasteiger partial charge in [0.1, 0.15) is 0 Å². The zero-order chi connectivity index (χ0) is 16.1. The van der Waals surface area contributed by atoms with E-state index in [2.05, 4.69) is 5.32 Å². The minimum atomic E-state index is -4.32. The third kappa shape index (κ3) is 5.09. The zero-order valence-electron chi connectivity index (χ0n) is 12.0. The normalized spacial score (nSPS) is 23.0. The summed E-state index contributed by atoms with van der Waals surface area (Å²) >= 11 is 0. The number of halogens is 3. The van der Waals surface area contributed by atoms with Gasteiger partial charge < -0.3 is 15.3 Å². The topological polar surface area (TPSA) is 69.6 Å². The Hall–Kier alpha value is -1.47. The Morgan fingerprint density at radius 1 is 1.38 bits per heavy atom. The molecule has 5 nitrogen and oxygen atoms in total. The molecule has 0 saturated carbocycles. The highest BCUT2D eigenvalue weighted by molar-refractivity contribution is 5.78. The molecule has 2 amide bonds. The van der Waals surface area contributed by atoms with Crippen LogP contribution < -0.4 is 5.32 Å². The summed E-state index contributed by atoms with van der Waals surface area (Å²) in [6.45, 7) is 1.80. The van der Waals surface area contributed by atoms with Gasteiger partial charge >= 0.3 is 18.2 Å². The van der Waals surface area contributed by atoms with Gasteiger partial charge in [-0.15, -0.1) is 0 Å². The summed E-state index contributed by atoms with van der Waals surface area (Å²) in [5.74, 6) is -0.947. The molecular formula is C13H21F3N2O3.